The molecule has 0 radical (unpaired) electrons. The van der Waals surface area contributed by atoms with Gasteiger partial charge >= 0.3 is 0 Å². The molecule has 8 atom stereocenters. The van der Waals surface area contributed by atoms with Crippen LogP contribution < -0.4 is 0 Å². The van der Waals surface area contributed by atoms with Crippen LogP contribution in [0.5, 0.6) is 0 Å². The van der Waals surface area contributed by atoms with Crippen molar-refractivity contribution < 1.29 is 19.1 Å². The van der Waals surface area contributed by atoms with Gasteiger partial charge in [-0.2, -0.15) is 0 Å². The summed E-state index contributed by atoms with van der Waals surface area (Å²) in [5.74, 6) is 2.01. The molecule has 0 aromatic heterocycles. The van der Waals surface area contributed by atoms with Gasteiger partial charge in [-0.25, -0.2) is 0 Å². The molecule has 0 amide bonds. The SMILES string of the molecule is CC.CC(C)C(=O)C1[C@@H](C)CC2C3CCC4=CC(=O)C=CC4(C)C3[C@@H](O)CC21C.CF. The van der Waals surface area contributed by atoms with Crippen LogP contribution in [0.15, 0.2) is 23.8 Å². The Morgan fingerprint density at radius 3 is 2.42 bits per heavy atom. The molecule has 6 unspecified atom stereocenters. The quantitative estimate of drug-likeness (QED) is 0.583. The van der Waals surface area contributed by atoms with Gasteiger partial charge in [0.05, 0.1) is 13.3 Å². The molecule has 176 valence electrons. The standard InChI is InChI=1S/C24H34O3.C2H6.CH3F/c1-13(2)22(27)20-14(3)10-18-17-7-6-15-11-16(25)8-9-23(15,4)21(17)19(26)12-24(18,20)5;2*1-2/h8-9,11,13-14,17-21,26H,6-7,10,12H2,1-5H3;1-2H3;1H3/t14-,17?,18?,19-,20?,21?,23?,24?;;/m0../s1. The normalized spacial score (nSPS) is 42.8. The van der Waals surface area contributed by atoms with Crippen molar-refractivity contribution in [1.29, 1.82) is 0 Å². The van der Waals surface area contributed by atoms with Crippen molar-refractivity contribution >= 4 is 11.6 Å². The Kier molecular flexibility index (Phi) is 8.11. The van der Waals surface area contributed by atoms with Gasteiger partial charge in [-0.15, -0.1) is 0 Å². The summed E-state index contributed by atoms with van der Waals surface area (Å²) in [5, 5.41) is 11.4. The highest BCUT2D eigenvalue weighted by molar-refractivity contribution is 6.01. The Balaban J connectivity index is 0.000000807. The highest BCUT2D eigenvalue weighted by Crippen LogP contribution is 2.67. The second kappa shape index (κ2) is 9.68. The van der Waals surface area contributed by atoms with Gasteiger partial charge in [0.15, 0.2) is 5.78 Å². The lowest BCUT2D eigenvalue weighted by Gasteiger charge is -2.58. The maximum atomic E-state index is 13.1. The van der Waals surface area contributed by atoms with Crippen LogP contribution in [-0.2, 0) is 9.59 Å². The fourth-order valence-corrected chi connectivity index (χ4v) is 7.66. The molecule has 0 saturated heterocycles. The molecule has 0 aromatic rings. The van der Waals surface area contributed by atoms with E-state index < -0.39 is 6.10 Å². The summed E-state index contributed by atoms with van der Waals surface area (Å²) in [5.41, 5.74) is 0.869. The Morgan fingerprint density at radius 2 is 1.84 bits per heavy atom. The van der Waals surface area contributed by atoms with Crippen LogP contribution in [0, 0.1) is 46.3 Å². The maximum Gasteiger partial charge on any atom is 0.178 e. The highest BCUT2D eigenvalue weighted by atomic mass is 19.1. The molecule has 3 fully saturated rings. The molecule has 4 heteroatoms. The zero-order valence-electron chi connectivity index (χ0n) is 20.7. The molecule has 0 heterocycles. The molecule has 0 aromatic carbocycles. The molecule has 4 aliphatic carbocycles. The summed E-state index contributed by atoms with van der Waals surface area (Å²) < 4.78 is 9.50. The van der Waals surface area contributed by atoms with E-state index in [1.165, 1.54) is 5.57 Å². The largest absolute Gasteiger partial charge is 0.393 e. The predicted octanol–water partition coefficient (Wildman–Crippen LogP) is 5.96. The van der Waals surface area contributed by atoms with E-state index in [0.29, 0.717) is 37.1 Å². The molecule has 0 bridgehead atoms. The molecule has 0 aliphatic heterocycles. The lowest BCUT2D eigenvalue weighted by molar-refractivity contribution is -0.142. The van der Waals surface area contributed by atoms with E-state index in [4.69, 9.17) is 0 Å². The van der Waals surface area contributed by atoms with Crippen LogP contribution in [-0.4, -0.2) is 30.0 Å². The first-order valence-electron chi connectivity index (χ1n) is 12.1. The smallest absolute Gasteiger partial charge is 0.178 e. The number of carbonyl (C=O) groups excluding carboxylic acids is 2. The number of alkyl halides is 1. The van der Waals surface area contributed by atoms with Crippen LogP contribution in [0.4, 0.5) is 4.39 Å². The Bertz CT molecular complexity index is 739. The van der Waals surface area contributed by atoms with Gasteiger partial charge in [-0.1, -0.05) is 60.1 Å². The van der Waals surface area contributed by atoms with E-state index in [1.807, 2.05) is 27.7 Å². The number of carbonyl (C=O) groups is 2. The van der Waals surface area contributed by atoms with Crippen LogP contribution >= 0.6 is 0 Å². The van der Waals surface area contributed by atoms with E-state index in [1.54, 1.807) is 12.2 Å². The third-order valence-corrected chi connectivity index (χ3v) is 8.71. The van der Waals surface area contributed by atoms with E-state index in [-0.39, 0.29) is 34.4 Å². The number of halogens is 1. The van der Waals surface area contributed by atoms with Gasteiger partial charge in [0.25, 0.3) is 0 Å². The number of fused-ring (bicyclic) bond motifs is 5. The topological polar surface area (TPSA) is 54.4 Å². The van der Waals surface area contributed by atoms with Gasteiger partial charge < -0.3 is 5.11 Å². The van der Waals surface area contributed by atoms with E-state index >= 15 is 0 Å². The van der Waals surface area contributed by atoms with Gasteiger partial charge in [0.1, 0.15) is 5.78 Å². The molecular formula is C27H43FO3. The average molecular weight is 435 g/mol. The number of aliphatic hydroxyl groups excluding tert-OH is 1. The summed E-state index contributed by atoms with van der Waals surface area (Å²) in [6, 6.07) is 0. The minimum Gasteiger partial charge on any atom is -0.393 e. The summed E-state index contributed by atoms with van der Waals surface area (Å²) in [4.78, 5) is 25.0. The van der Waals surface area contributed by atoms with Crippen molar-refractivity contribution in [3.8, 4) is 0 Å². The van der Waals surface area contributed by atoms with Gasteiger partial charge in [-0.3, -0.25) is 14.0 Å². The van der Waals surface area contributed by atoms with Gasteiger partial charge in [-0.05, 0) is 61.0 Å². The number of aliphatic hydroxyl groups is 1. The minimum absolute atomic E-state index is 0.0496. The van der Waals surface area contributed by atoms with Crippen molar-refractivity contribution in [3.05, 3.63) is 23.8 Å². The Morgan fingerprint density at radius 1 is 1.23 bits per heavy atom. The summed E-state index contributed by atoms with van der Waals surface area (Å²) in [7, 11) is 0.500. The third-order valence-electron chi connectivity index (χ3n) is 8.71. The first-order valence-corrected chi connectivity index (χ1v) is 12.1. The summed E-state index contributed by atoms with van der Waals surface area (Å²) in [6.07, 6.45) is 8.89. The van der Waals surface area contributed by atoms with Crippen molar-refractivity contribution in [2.45, 2.75) is 80.3 Å². The van der Waals surface area contributed by atoms with E-state index in [2.05, 4.69) is 26.8 Å². The number of Topliss-reactive ketones (excluding diaryl/α,β-unsaturated/α-hetero) is 1. The monoisotopic (exact) mass is 434 g/mol. The third kappa shape index (κ3) is 4.10. The molecule has 0 spiro atoms. The lowest BCUT2D eigenvalue weighted by atomic mass is 9.46. The van der Waals surface area contributed by atoms with Gasteiger partial charge in [0, 0.05) is 23.2 Å². The van der Waals surface area contributed by atoms with Crippen LogP contribution in [0.3, 0.4) is 0 Å². The molecular weight excluding hydrogens is 391 g/mol. The predicted molar refractivity (Wildman–Crippen MR) is 124 cm³/mol. The van der Waals surface area contributed by atoms with Crippen LogP contribution in [0.2, 0.25) is 0 Å². The Hall–Kier alpha value is -1.29. The van der Waals surface area contributed by atoms with Crippen molar-refractivity contribution in [3.63, 3.8) is 0 Å². The fourth-order valence-electron chi connectivity index (χ4n) is 7.66. The van der Waals surface area contributed by atoms with Crippen molar-refractivity contribution in [2.24, 2.45) is 46.3 Å². The first kappa shape index (κ1) is 26.0. The number of hydrogen-bond acceptors (Lipinski definition) is 3. The van der Waals surface area contributed by atoms with Crippen molar-refractivity contribution in [2.75, 3.05) is 7.18 Å². The number of allylic oxidation sites excluding steroid dienone is 4. The molecule has 31 heavy (non-hydrogen) atoms. The average Bonchev–Trinajstić information content (AvgIpc) is 3.00. The molecule has 3 nitrogen and oxygen atoms in total. The number of ketones is 2. The second-order valence-electron chi connectivity index (χ2n) is 10.5. The summed E-state index contributed by atoms with van der Waals surface area (Å²) in [6.45, 7) is 14.7. The molecule has 1 N–H and O–H groups in total. The molecule has 4 rings (SSSR count). The van der Waals surface area contributed by atoms with E-state index in [9.17, 15) is 19.1 Å². The number of hydrogen-bond donors (Lipinski definition) is 1. The fraction of sp³-hybridized carbons (Fsp3) is 0.778. The van der Waals surface area contributed by atoms with Crippen LogP contribution in [0.25, 0.3) is 0 Å². The minimum atomic E-state index is -0.421. The van der Waals surface area contributed by atoms with Crippen LogP contribution in [0.1, 0.15) is 74.1 Å². The zero-order chi connectivity index (χ0) is 23.7. The summed E-state index contributed by atoms with van der Waals surface area (Å²) >= 11 is 0. The van der Waals surface area contributed by atoms with Crippen molar-refractivity contribution in [1.82, 2.24) is 0 Å². The Labute approximate surface area is 188 Å². The number of rotatable bonds is 2. The second-order valence-corrected chi connectivity index (χ2v) is 10.5. The first-order chi connectivity index (χ1) is 14.6. The van der Waals surface area contributed by atoms with E-state index in [0.717, 1.165) is 19.3 Å². The molecule has 3 saturated carbocycles. The highest BCUT2D eigenvalue weighted by Gasteiger charge is 2.64. The lowest BCUT2D eigenvalue weighted by Crippen LogP contribution is -2.56. The van der Waals surface area contributed by atoms with Gasteiger partial charge in [0.2, 0.25) is 0 Å². The maximum absolute atomic E-state index is 13.1. The zero-order valence-corrected chi connectivity index (χ0v) is 20.7. The molecule has 4 aliphatic rings.